The number of carbonyl (C=O) groups excluding carboxylic acids is 2. The van der Waals surface area contributed by atoms with E-state index in [1.807, 2.05) is 4.90 Å². The van der Waals surface area contributed by atoms with E-state index in [0.717, 1.165) is 5.56 Å². The Hall–Kier alpha value is -4.11. The quantitative estimate of drug-likeness (QED) is 0.380. The van der Waals surface area contributed by atoms with Crippen LogP contribution in [-0.4, -0.2) is 31.3 Å². The molecule has 36 heavy (non-hydrogen) atoms. The first-order chi connectivity index (χ1) is 17.4. The molecule has 2 aliphatic heterocycles. The summed E-state index contributed by atoms with van der Waals surface area (Å²) in [6, 6.07) is 16.2. The zero-order chi connectivity index (χ0) is 25.2. The molecule has 0 aromatic heterocycles. The Morgan fingerprint density at radius 1 is 0.917 bits per heavy atom. The fraction of sp³-hybridized carbons (Fsp3) is 0.185. The fourth-order valence-electron chi connectivity index (χ4n) is 4.50. The number of hydrogen-bond donors (Lipinski definition) is 2. The standard InChI is InChI=1S/C27H23F3N4O2/c28-18-7-5-17(6-8-18)16-31-12-14-34-23-15-19(29)9-10-22(23)33-13-11-24(35)25(27(33)34)26(36)32-21-4-2-1-3-20(21)30/h1-10,15,31H,11-14,16H2,(H,32,36). The number of fused-ring (bicyclic) bond motifs is 3. The van der Waals surface area contributed by atoms with Crippen LogP contribution in [0.2, 0.25) is 0 Å². The zero-order valence-corrected chi connectivity index (χ0v) is 19.2. The van der Waals surface area contributed by atoms with Gasteiger partial charge in [0.1, 0.15) is 28.8 Å². The molecule has 3 aromatic rings. The molecule has 0 saturated carbocycles. The number of halogens is 3. The lowest BCUT2D eigenvalue weighted by Crippen LogP contribution is -2.42. The van der Waals surface area contributed by atoms with Gasteiger partial charge < -0.3 is 20.4 Å². The molecule has 2 heterocycles. The second kappa shape index (κ2) is 9.87. The molecule has 0 radical (unpaired) electrons. The molecule has 0 saturated heterocycles. The van der Waals surface area contributed by atoms with Crippen molar-refractivity contribution in [1.82, 2.24) is 5.32 Å². The number of rotatable bonds is 7. The number of benzene rings is 3. The number of anilines is 3. The summed E-state index contributed by atoms with van der Waals surface area (Å²) < 4.78 is 41.6. The highest BCUT2D eigenvalue weighted by Crippen LogP contribution is 2.45. The highest BCUT2D eigenvalue weighted by atomic mass is 19.1. The number of nitrogens with one attached hydrogen (secondary N) is 2. The van der Waals surface area contributed by atoms with Gasteiger partial charge in [0.25, 0.3) is 5.91 Å². The molecule has 3 aromatic carbocycles. The number of ketones is 1. The van der Waals surface area contributed by atoms with Crippen LogP contribution in [0.4, 0.5) is 30.2 Å². The van der Waals surface area contributed by atoms with Gasteiger partial charge in [0.15, 0.2) is 5.78 Å². The van der Waals surface area contributed by atoms with Crippen LogP contribution >= 0.6 is 0 Å². The normalized spacial score (nSPS) is 14.7. The number of para-hydroxylation sites is 1. The van der Waals surface area contributed by atoms with Crippen molar-refractivity contribution in [2.75, 3.05) is 34.8 Å². The minimum atomic E-state index is -0.720. The lowest BCUT2D eigenvalue weighted by atomic mass is 10.0. The third-order valence-corrected chi connectivity index (χ3v) is 6.20. The van der Waals surface area contributed by atoms with Gasteiger partial charge in [-0.1, -0.05) is 24.3 Å². The molecule has 0 atom stereocenters. The minimum absolute atomic E-state index is 0.0328. The van der Waals surface area contributed by atoms with Crippen molar-refractivity contribution < 1.29 is 22.8 Å². The van der Waals surface area contributed by atoms with Gasteiger partial charge in [0.2, 0.25) is 0 Å². The highest BCUT2D eigenvalue weighted by molar-refractivity contribution is 6.25. The highest BCUT2D eigenvalue weighted by Gasteiger charge is 2.41. The Bertz CT molecular complexity index is 1360. The minimum Gasteiger partial charge on any atom is -0.325 e. The lowest BCUT2D eigenvalue weighted by Gasteiger charge is -2.31. The summed E-state index contributed by atoms with van der Waals surface area (Å²) in [7, 11) is 0. The molecule has 2 N–H and O–H groups in total. The fourth-order valence-corrected chi connectivity index (χ4v) is 4.50. The summed E-state index contributed by atoms with van der Waals surface area (Å²) in [6.45, 7) is 1.57. The second-order valence-electron chi connectivity index (χ2n) is 8.55. The van der Waals surface area contributed by atoms with Crippen LogP contribution in [0.5, 0.6) is 0 Å². The van der Waals surface area contributed by atoms with E-state index in [1.54, 1.807) is 29.2 Å². The number of Topliss-reactive ketones (excluding diaryl/α,β-unsaturated/α-hetero) is 1. The van der Waals surface area contributed by atoms with E-state index in [0.29, 0.717) is 43.4 Å². The van der Waals surface area contributed by atoms with Crippen molar-refractivity contribution in [3.63, 3.8) is 0 Å². The molecule has 1 amide bonds. The largest absolute Gasteiger partial charge is 0.325 e. The Balaban J connectivity index is 1.44. The van der Waals surface area contributed by atoms with Gasteiger partial charge in [-0.25, -0.2) is 13.2 Å². The molecule has 2 aliphatic rings. The summed E-state index contributed by atoms with van der Waals surface area (Å²) in [5, 5.41) is 5.77. The van der Waals surface area contributed by atoms with E-state index in [9.17, 15) is 22.8 Å². The van der Waals surface area contributed by atoms with Crippen LogP contribution < -0.4 is 20.4 Å². The summed E-state index contributed by atoms with van der Waals surface area (Å²) >= 11 is 0. The maximum absolute atomic E-state index is 14.2. The van der Waals surface area contributed by atoms with Crippen LogP contribution in [0, 0.1) is 17.5 Å². The predicted octanol–water partition coefficient (Wildman–Crippen LogP) is 4.34. The first-order valence-electron chi connectivity index (χ1n) is 11.6. The topological polar surface area (TPSA) is 64.7 Å². The van der Waals surface area contributed by atoms with Gasteiger partial charge in [-0.3, -0.25) is 9.59 Å². The van der Waals surface area contributed by atoms with Crippen LogP contribution in [0.3, 0.4) is 0 Å². The summed E-state index contributed by atoms with van der Waals surface area (Å²) in [4.78, 5) is 29.8. The Kier molecular flexibility index (Phi) is 6.47. The predicted molar refractivity (Wildman–Crippen MR) is 131 cm³/mol. The molecule has 6 nitrogen and oxygen atoms in total. The van der Waals surface area contributed by atoms with Crippen molar-refractivity contribution in [3.8, 4) is 0 Å². The van der Waals surface area contributed by atoms with Gasteiger partial charge in [-0.05, 0) is 48.0 Å². The van der Waals surface area contributed by atoms with E-state index < -0.39 is 17.5 Å². The summed E-state index contributed by atoms with van der Waals surface area (Å²) in [5.74, 6) is -2.11. The summed E-state index contributed by atoms with van der Waals surface area (Å²) in [5.41, 5.74) is 1.99. The molecule has 184 valence electrons. The van der Waals surface area contributed by atoms with E-state index >= 15 is 0 Å². The van der Waals surface area contributed by atoms with E-state index in [-0.39, 0.29) is 29.3 Å². The Labute approximate surface area is 206 Å². The smallest absolute Gasteiger partial charge is 0.263 e. The van der Waals surface area contributed by atoms with Gasteiger partial charge in [0, 0.05) is 32.6 Å². The maximum Gasteiger partial charge on any atom is 0.263 e. The van der Waals surface area contributed by atoms with Gasteiger partial charge >= 0.3 is 0 Å². The molecular formula is C27H23F3N4O2. The third kappa shape index (κ3) is 4.57. The number of hydrogen-bond acceptors (Lipinski definition) is 5. The van der Waals surface area contributed by atoms with Gasteiger partial charge in [0.05, 0.1) is 17.1 Å². The molecular weight excluding hydrogens is 469 g/mol. The molecule has 0 unspecified atom stereocenters. The molecule has 0 fully saturated rings. The first-order valence-corrected chi connectivity index (χ1v) is 11.6. The maximum atomic E-state index is 14.2. The monoisotopic (exact) mass is 492 g/mol. The molecule has 0 spiro atoms. The molecule has 9 heteroatoms. The Morgan fingerprint density at radius 3 is 2.44 bits per heavy atom. The Morgan fingerprint density at radius 2 is 1.67 bits per heavy atom. The van der Waals surface area contributed by atoms with E-state index in [1.165, 1.54) is 42.5 Å². The first kappa shape index (κ1) is 23.6. The van der Waals surface area contributed by atoms with Crippen LogP contribution in [0.15, 0.2) is 78.1 Å². The number of amides is 1. The second-order valence-corrected chi connectivity index (χ2v) is 8.55. The van der Waals surface area contributed by atoms with Crippen molar-refractivity contribution in [3.05, 3.63) is 101 Å². The molecule has 5 rings (SSSR count). The van der Waals surface area contributed by atoms with Crippen molar-refractivity contribution in [2.45, 2.75) is 13.0 Å². The average Bonchev–Trinajstić information content (AvgIpc) is 3.16. The van der Waals surface area contributed by atoms with Crippen LogP contribution in [-0.2, 0) is 16.1 Å². The number of nitrogens with zero attached hydrogens (tertiary/aromatic N) is 2. The third-order valence-electron chi connectivity index (χ3n) is 6.20. The summed E-state index contributed by atoms with van der Waals surface area (Å²) in [6.07, 6.45) is 0.0942. The van der Waals surface area contributed by atoms with Crippen molar-refractivity contribution in [2.24, 2.45) is 0 Å². The SMILES string of the molecule is O=C1CCN2C(=C1C(=O)Nc1ccccc1F)N(CCNCc1ccc(F)cc1)c1cc(F)ccc12. The zero-order valence-electron chi connectivity index (χ0n) is 19.2. The average molecular weight is 493 g/mol. The van der Waals surface area contributed by atoms with Crippen molar-refractivity contribution in [1.29, 1.82) is 0 Å². The van der Waals surface area contributed by atoms with Crippen LogP contribution in [0.25, 0.3) is 0 Å². The van der Waals surface area contributed by atoms with Crippen molar-refractivity contribution >= 4 is 28.8 Å². The van der Waals surface area contributed by atoms with E-state index in [2.05, 4.69) is 10.6 Å². The van der Waals surface area contributed by atoms with E-state index in [4.69, 9.17) is 0 Å². The van der Waals surface area contributed by atoms with Gasteiger partial charge in [-0.15, -0.1) is 0 Å². The number of carbonyl (C=O) groups is 2. The molecule has 0 bridgehead atoms. The lowest BCUT2D eigenvalue weighted by molar-refractivity contribution is -0.120. The van der Waals surface area contributed by atoms with Gasteiger partial charge in [-0.2, -0.15) is 0 Å². The van der Waals surface area contributed by atoms with Crippen LogP contribution in [0.1, 0.15) is 12.0 Å². The molecule has 0 aliphatic carbocycles.